The molecule has 8 unspecified atom stereocenters. The van der Waals surface area contributed by atoms with E-state index in [0.29, 0.717) is 13.0 Å². The third-order valence-corrected chi connectivity index (χ3v) is 13.4. The number of carbonyl (C=O) groups is 1. The Bertz CT molecular complexity index is 1270. The number of ether oxygens (including phenoxy) is 6. The maximum atomic E-state index is 14.4. The number of methoxy groups -OCH3 is 1. The minimum Gasteiger partial charge on any atom is -0.459 e. The number of likely N-dealkylation sites (N-methyl/N-ethyl adjacent to an activating group) is 1. The SMILES string of the molecule is CC[C@H]1OC(=O)[C@H](C)[C@@H](OC2CC(C)(OC)C(O)C(C)O2)[C@H](C)[C@@H](OC2OC(C)CC(N(C)C)C2O)[C@](C)(O)C[C@@H](C)[C@H](NCC(C)(C)CO)[C@H](C)[C@@H](O)[C@]1(C)O. The fourth-order valence-electron chi connectivity index (χ4n) is 9.44. The second kappa shape index (κ2) is 19.8. The van der Waals surface area contributed by atoms with Crippen molar-refractivity contribution in [3.63, 3.8) is 0 Å². The van der Waals surface area contributed by atoms with Crippen LogP contribution in [0.1, 0.15) is 109 Å². The molecule has 0 aromatic rings. The van der Waals surface area contributed by atoms with Crippen LogP contribution in [0.15, 0.2) is 0 Å². The third-order valence-electron chi connectivity index (χ3n) is 13.4. The molecule has 15 nitrogen and oxygen atoms in total. The Morgan fingerprint density at radius 2 is 1.54 bits per heavy atom. The van der Waals surface area contributed by atoms with E-state index in [4.69, 9.17) is 28.4 Å². The molecule has 0 bridgehead atoms. The molecule has 15 heteroatoms. The summed E-state index contributed by atoms with van der Waals surface area (Å²) in [5, 5.41) is 73.1. The van der Waals surface area contributed by atoms with Crippen LogP contribution in [0.25, 0.3) is 0 Å². The molecule has 0 amide bonds. The predicted octanol–water partition coefficient (Wildman–Crippen LogP) is 2.19. The molecule has 3 fully saturated rings. The summed E-state index contributed by atoms with van der Waals surface area (Å²) < 4.78 is 37.8. The topological polar surface area (TPSA) is 209 Å². The number of aliphatic hydroxyl groups excluding tert-OH is 4. The van der Waals surface area contributed by atoms with Crippen LogP contribution >= 0.6 is 0 Å². The molecule has 19 atom stereocenters. The average Bonchev–Trinajstić information content (AvgIpc) is 3.13. The van der Waals surface area contributed by atoms with Gasteiger partial charge in [-0.25, -0.2) is 0 Å². The van der Waals surface area contributed by atoms with Crippen LogP contribution in [-0.2, 0) is 33.2 Å². The second-order valence-electron chi connectivity index (χ2n) is 19.4. The first-order valence-corrected chi connectivity index (χ1v) is 21.0. The summed E-state index contributed by atoms with van der Waals surface area (Å²) >= 11 is 0. The van der Waals surface area contributed by atoms with Gasteiger partial charge in [0.2, 0.25) is 0 Å². The van der Waals surface area contributed by atoms with Crippen molar-refractivity contribution in [2.24, 2.45) is 29.1 Å². The number of esters is 1. The predicted molar refractivity (Wildman–Crippen MR) is 214 cm³/mol. The Morgan fingerprint density at radius 3 is 2.09 bits per heavy atom. The molecular weight excluding hydrogens is 740 g/mol. The molecule has 3 saturated heterocycles. The highest BCUT2D eigenvalue weighted by molar-refractivity contribution is 5.73. The van der Waals surface area contributed by atoms with Crippen molar-refractivity contribution >= 4 is 5.97 Å². The van der Waals surface area contributed by atoms with E-state index in [9.17, 15) is 35.4 Å². The van der Waals surface area contributed by atoms with Crippen LogP contribution < -0.4 is 5.32 Å². The lowest BCUT2D eigenvalue weighted by atomic mass is 9.72. The number of hydrogen-bond acceptors (Lipinski definition) is 15. The van der Waals surface area contributed by atoms with Crippen LogP contribution in [0.3, 0.4) is 0 Å². The van der Waals surface area contributed by atoms with Gasteiger partial charge in [0.05, 0.1) is 47.6 Å². The molecule has 0 radical (unpaired) electrons. The molecule has 3 aliphatic heterocycles. The zero-order valence-electron chi connectivity index (χ0n) is 37.5. The molecular formula is C42H80N2O13. The molecule has 3 aliphatic rings. The Kier molecular flexibility index (Phi) is 17.4. The summed E-state index contributed by atoms with van der Waals surface area (Å²) in [6.07, 6.45) is -8.90. The zero-order valence-corrected chi connectivity index (χ0v) is 37.5. The molecule has 0 aromatic carbocycles. The molecule has 7 N–H and O–H groups in total. The van der Waals surface area contributed by atoms with Crippen molar-refractivity contribution in [3.05, 3.63) is 0 Å². The van der Waals surface area contributed by atoms with Gasteiger partial charge in [0, 0.05) is 56.0 Å². The van der Waals surface area contributed by atoms with Gasteiger partial charge < -0.3 is 69.3 Å². The van der Waals surface area contributed by atoms with Gasteiger partial charge in [-0.15, -0.1) is 0 Å². The molecule has 0 aliphatic carbocycles. The van der Waals surface area contributed by atoms with Crippen LogP contribution in [0, 0.1) is 29.1 Å². The minimum atomic E-state index is -1.89. The fraction of sp³-hybridized carbons (Fsp3) is 0.976. The highest BCUT2D eigenvalue weighted by Gasteiger charge is 2.53. The lowest BCUT2D eigenvalue weighted by Crippen LogP contribution is -2.62. The summed E-state index contributed by atoms with van der Waals surface area (Å²) in [6, 6.07) is -0.830. The molecule has 0 aromatic heterocycles. The highest BCUT2D eigenvalue weighted by atomic mass is 16.7. The van der Waals surface area contributed by atoms with Gasteiger partial charge >= 0.3 is 5.97 Å². The van der Waals surface area contributed by atoms with Gasteiger partial charge in [0.1, 0.15) is 23.9 Å². The lowest BCUT2D eigenvalue weighted by molar-refractivity contribution is -0.318. The van der Waals surface area contributed by atoms with Crippen molar-refractivity contribution in [1.29, 1.82) is 0 Å². The number of nitrogens with zero attached hydrogens (tertiary/aromatic N) is 1. The van der Waals surface area contributed by atoms with Crippen molar-refractivity contribution in [3.8, 4) is 0 Å². The van der Waals surface area contributed by atoms with Gasteiger partial charge in [-0.1, -0.05) is 41.5 Å². The van der Waals surface area contributed by atoms with Gasteiger partial charge in [-0.2, -0.15) is 0 Å². The van der Waals surface area contributed by atoms with Gasteiger partial charge in [-0.05, 0) is 80.8 Å². The van der Waals surface area contributed by atoms with Crippen molar-refractivity contribution in [2.75, 3.05) is 34.4 Å². The highest BCUT2D eigenvalue weighted by Crippen LogP contribution is 2.41. The quantitative estimate of drug-likeness (QED) is 0.149. The van der Waals surface area contributed by atoms with E-state index < -0.39 is 107 Å². The maximum absolute atomic E-state index is 14.4. The number of rotatable bonds is 11. The number of aliphatic hydroxyl groups is 6. The van der Waals surface area contributed by atoms with Crippen LogP contribution in [0.5, 0.6) is 0 Å². The third kappa shape index (κ3) is 11.7. The molecule has 57 heavy (non-hydrogen) atoms. The first-order chi connectivity index (χ1) is 26.2. The Morgan fingerprint density at radius 1 is 0.930 bits per heavy atom. The smallest absolute Gasteiger partial charge is 0.311 e. The number of nitrogens with one attached hydrogen (secondary N) is 1. The van der Waals surface area contributed by atoms with E-state index in [0.717, 1.165) is 0 Å². The first kappa shape index (κ1) is 50.3. The lowest BCUT2D eigenvalue weighted by Gasteiger charge is -2.50. The number of hydrogen-bond donors (Lipinski definition) is 7. The largest absolute Gasteiger partial charge is 0.459 e. The Balaban J connectivity index is 2.24. The molecule has 336 valence electrons. The normalized spacial score (nSPS) is 47.4. The van der Waals surface area contributed by atoms with E-state index in [-0.39, 0.29) is 43.9 Å². The standard InChI is InChI=1S/C42H80N2O13/c1-16-29-42(12,51)34(47)24(4)31(43-20-39(8,9)21-45)22(2)18-40(10,50)36(57-38-32(46)28(44(13)14)17-23(3)53-38)25(5)33(26(6)37(49)55-29)56-30-19-41(11,52-15)35(48)27(7)54-30/h22-36,38,43,45-48,50-51H,16-21H2,1-15H3/t22-,23?,24+,25+,26-,27?,28?,29-,30?,31+,32?,33+,34-,35?,36-,38?,40-,41?,42-/m1/s1. The van der Waals surface area contributed by atoms with E-state index in [1.165, 1.54) is 14.0 Å². The van der Waals surface area contributed by atoms with E-state index in [1.807, 2.05) is 60.5 Å². The Hall–Kier alpha value is -1.05. The van der Waals surface area contributed by atoms with Crippen LogP contribution in [0.2, 0.25) is 0 Å². The minimum absolute atomic E-state index is 0.0988. The first-order valence-electron chi connectivity index (χ1n) is 21.0. The number of cyclic esters (lactones) is 1. The summed E-state index contributed by atoms with van der Waals surface area (Å²) in [5.41, 5.74) is -5.15. The van der Waals surface area contributed by atoms with E-state index in [1.54, 1.807) is 34.6 Å². The summed E-state index contributed by atoms with van der Waals surface area (Å²) in [4.78, 5) is 16.3. The van der Waals surface area contributed by atoms with Gasteiger partial charge in [-0.3, -0.25) is 4.79 Å². The van der Waals surface area contributed by atoms with Gasteiger partial charge in [0.25, 0.3) is 0 Å². The Labute approximate surface area is 342 Å². The summed E-state index contributed by atoms with van der Waals surface area (Å²) in [7, 11) is 5.25. The zero-order chi connectivity index (χ0) is 43.6. The van der Waals surface area contributed by atoms with Crippen molar-refractivity contribution in [1.82, 2.24) is 10.2 Å². The second-order valence-corrected chi connectivity index (χ2v) is 19.4. The molecule has 0 spiro atoms. The summed E-state index contributed by atoms with van der Waals surface area (Å²) in [6.45, 7) is 21.5. The number of carbonyl (C=O) groups excluding carboxylic acids is 1. The molecule has 0 saturated carbocycles. The van der Waals surface area contributed by atoms with Crippen LogP contribution in [-0.4, -0.2) is 166 Å². The monoisotopic (exact) mass is 821 g/mol. The van der Waals surface area contributed by atoms with Gasteiger partial charge in [0.15, 0.2) is 12.6 Å². The van der Waals surface area contributed by atoms with E-state index >= 15 is 0 Å². The van der Waals surface area contributed by atoms with Crippen LogP contribution in [0.4, 0.5) is 0 Å². The van der Waals surface area contributed by atoms with Crippen molar-refractivity contribution < 1.29 is 63.9 Å². The molecule has 3 heterocycles. The average molecular weight is 821 g/mol. The van der Waals surface area contributed by atoms with Crippen molar-refractivity contribution in [2.45, 2.75) is 199 Å². The maximum Gasteiger partial charge on any atom is 0.311 e. The fourth-order valence-corrected chi connectivity index (χ4v) is 9.44. The molecule has 3 rings (SSSR count). The summed E-state index contributed by atoms with van der Waals surface area (Å²) in [5.74, 6) is -3.57. The van der Waals surface area contributed by atoms with E-state index in [2.05, 4.69) is 5.32 Å².